The molecule has 0 aliphatic heterocycles. The van der Waals surface area contributed by atoms with E-state index in [9.17, 15) is 22.8 Å². The number of halogens is 5. The van der Waals surface area contributed by atoms with Crippen LogP contribution < -0.4 is 21.5 Å². The van der Waals surface area contributed by atoms with Crippen molar-refractivity contribution < 1.29 is 31.9 Å². The maximum Gasteiger partial charge on any atom is 0.200 e. The Labute approximate surface area is 287 Å². The number of nitrogen functional groups attached to an aromatic ring is 1. The number of aldehydes is 2. The number of anilines is 1. The average molecular weight is 702 g/mol. The quantitative estimate of drug-likeness (QED) is 0.0471. The van der Waals surface area contributed by atoms with Crippen LogP contribution in [0, 0.1) is 23.4 Å². The molecule has 7 rings (SSSR count). The summed E-state index contributed by atoms with van der Waals surface area (Å²) in [5.41, 5.74) is 11.4. The first-order valence-electron chi connectivity index (χ1n) is 16.3. The maximum atomic E-state index is 15.4. The first kappa shape index (κ1) is 36.4. The fourth-order valence-corrected chi connectivity index (χ4v) is 5.69. The number of aromatic nitrogens is 1. The molecule has 0 amide bonds. The first-order chi connectivity index (χ1) is 23.5. The van der Waals surface area contributed by atoms with E-state index < -0.39 is 28.7 Å². The Morgan fingerprint density at radius 3 is 2.29 bits per heavy atom. The van der Waals surface area contributed by atoms with Gasteiger partial charge in [0.15, 0.2) is 11.6 Å². The van der Waals surface area contributed by atoms with Crippen LogP contribution in [0.15, 0.2) is 35.3 Å². The van der Waals surface area contributed by atoms with E-state index in [0.717, 1.165) is 44.3 Å². The van der Waals surface area contributed by atoms with Gasteiger partial charge in [-0.25, -0.2) is 22.5 Å². The Bertz CT molecular complexity index is 1740. The molecule has 4 aliphatic rings. The molecule has 262 valence electrons. The molecular weight excluding hydrogens is 662 g/mol. The van der Waals surface area contributed by atoms with Crippen molar-refractivity contribution >= 4 is 36.1 Å². The molecule has 4 aliphatic carbocycles. The second-order valence-electron chi connectivity index (χ2n) is 12.9. The molecule has 8 nitrogen and oxygen atoms in total. The van der Waals surface area contributed by atoms with E-state index in [2.05, 4.69) is 21.0 Å². The summed E-state index contributed by atoms with van der Waals surface area (Å²) in [4.78, 5) is 30.9. The number of rotatable bonds is 12. The zero-order chi connectivity index (χ0) is 35.5. The molecule has 0 radical (unpaired) electrons. The van der Waals surface area contributed by atoms with E-state index in [4.69, 9.17) is 22.1 Å². The molecule has 4 saturated carbocycles. The first-order valence-corrected chi connectivity index (χ1v) is 16.7. The van der Waals surface area contributed by atoms with Crippen molar-refractivity contribution in [2.24, 2.45) is 16.6 Å². The summed E-state index contributed by atoms with van der Waals surface area (Å²) in [7, 11) is 3.33. The van der Waals surface area contributed by atoms with Gasteiger partial charge in [0.05, 0.1) is 22.2 Å². The molecule has 0 bridgehead atoms. The summed E-state index contributed by atoms with van der Waals surface area (Å²) < 4.78 is 62.6. The summed E-state index contributed by atoms with van der Waals surface area (Å²) >= 11 is 5.81. The Morgan fingerprint density at radius 1 is 1.04 bits per heavy atom. The second-order valence-corrected chi connectivity index (χ2v) is 13.3. The van der Waals surface area contributed by atoms with Gasteiger partial charge in [-0.3, -0.25) is 9.79 Å². The van der Waals surface area contributed by atoms with E-state index in [-0.39, 0.29) is 33.9 Å². The van der Waals surface area contributed by atoms with E-state index in [1.807, 2.05) is 7.05 Å². The fourth-order valence-electron chi connectivity index (χ4n) is 5.53. The predicted octanol–water partition coefficient (Wildman–Crippen LogP) is 6.84. The number of nitrogens with zero attached hydrogens (tertiary/aromatic N) is 2. The summed E-state index contributed by atoms with van der Waals surface area (Å²) in [5, 5.41) is 2.82. The molecule has 0 saturated heterocycles. The zero-order valence-electron chi connectivity index (χ0n) is 27.4. The number of alkyl halides is 1. The smallest absolute Gasteiger partial charge is 0.200 e. The van der Waals surface area contributed by atoms with Crippen LogP contribution in [0.4, 0.5) is 23.2 Å². The number of ether oxygens (including phenoxy) is 1. The fraction of sp³-hybridized carbons (Fsp3) is 0.444. The van der Waals surface area contributed by atoms with Crippen molar-refractivity contribution in [3.8, 4) is 17.0 Å². The van der Waals surface area contributed by atoms with Crippen molar-refractivity contribution in [3.63, 3.8) is 0 Å². The number of aliphatic imine (C=N–C) groups is 1. The van der Waals surface area contributed by atoms with E-state index in [0.29, 0.717) is 72.5 Å². The van der Waals surface area contributed by atoms with E-state index in [1.54, 1.807) is 18.2 Å². The minimum absolute atomic E-state index is 0.0320. The van der Waals surface area contributed by atoms with Gasteiger partial charge >= 0.3 is 0 Å². The van der Waals surface area contributed by atoms with Gasteiger partial charge in [-0.05, 0) is 82.8 Å². The summed E-state index contributed by atoms with van der Waals surface area (Å²) in [6, 6.07) is 6.54. The van der Waals surface area contributed by atoms with Crippen molar-refractivity contribution in [1.29, 1.82) is 0 Å². The highest BCUT2D eigenvalue weighted by Gasteiger charge is 2.48. The van der Waals surface area contributed by atoms with Crippen LogP contribution in [0.3, 0.4) is 0 Å². The average Bonchev–Trinajstić information content (AvgIpc) is 3.90. The topological polar surface area (TPSA) is 133 Å². The van der Waals surface area contributed by atoms with Gasteiger partial charge in [0.25, 0.3) is 0 Å². The van der Waals surface area contributed by atoms with Gasteiger partial charge in [0, 0.05) is 65.5 Å². The van der Waals surface area contributed by atoms with Crippen LogP contribution in [0.25, 0.3) is 11.3 Å². The van der Waals surface area contributed by atoms with Crippen LogP contribution in [0.1, 0.15) is 84.5 Å². The highest BCUT2D eigenvalue weighted by molar-refractivity contribution is 6.31. The van der Waals surface area contributed by atoms with Crippen LogP contribution in [0.2, 0.25) is 5.02 Å². The Hall–Kier alpha value is -3.87. The van der Waals surface area contributed by atoms with Crippen molar-refractivity contribution in [1.82, 2.24) is 10.3 Å². The summed E-state index contributed by atoms with van der Waals surface area (Å²) in [5.74, 6) is -3.10. The van der Waals surface area contributed by atoms with Crippen LogP contribution in [0.5, 0.6) is 5.75 Å². The van der Waals surface area contributed by atoms with Crippen LogP contribution >= 0.6 is 11.6 Å². The standard InChI is InChI=1S/C21H20ClF3N2O.C14H15FN2O2.CH5N/c1-26-9-13(11-2-3-11)18-7-14(21(10-28)4-5-21)19(25)20(27-18)12-6-15(22)17(24)8-16(12)23;15-14(3-4-14)17-7-10-5-9(8-18)6-12(13(10)16)19-11-1-2-11;1-2/h6-8,10-11,13,26H,2-5,9H2,1H3;5-8,11H,1-4,16H2;2H2,1H3/b;17-7+;. The molecule has 49 heavy (non-hydrogen) atoms. The third kappa shape index (κ3) is 8.48. The largest absolute Gasteiger partial charge is 0.488 e. The number of carbonyl (C=O) groups excluding carboxylic acids is 2. The molecule has 1 aromatic heterocycles. The number of likely N-dealkylation sites (N-methyl/N-ethyl adjacent to an activating group) is 1. The molecule has 3 aromatic rings. The molecule has 1 atom stereocenters. The SMILES string of the molecule is CN.CNCC(c1cc(C2(C=O)CC2)c(F)c(-c2cc(Cl)c(F)cc2F)n1)C1CC1.Nc1c(/C=N/C2(F)CC2)cc(C=O)cc1OC1CC1. The lowest BCUT2D eigenvalue weighted by Gasteiger charge is -2.21. The number of pyridine rings is 1. The number of nitrogens with one attached hydrogen (secondary N) is 1. The lowest BCUT2D eigenvalue weighted by molar-refractivity contribution is -0.109. The van der Waals surface area contributed by atoms with Crippen LogP contribution in [-0.2, 0) is 10.2 Å². The number of hydrogen-bond acceptors (Lipinski definition) is 8. The monoisotopic (exact) mass is 701 g/mol. The Balaban J connectivity index is 0.000000194. The Morgan fingerprint density at radius 2 is 1.73 bits per heavy atom. The number of hydrogen-bond donors (Lipinski definition) is 3. The number of benzene rings is 2. The van der Waals surface area contributed by atoms with Crippen molar-refractivity contribution in [2.45, 2.75) is 74.6 Å². The van der Waals surface area contributed by atoms with Gasteiger partial charge in [0.2, 0.25) is 0 Å². The van der Waals surface area contributed by atoms with Crippen molar-refractivity contribution in [3.05, 3.63) is 75.2 Å². The van der Waals surface area contributed by atoms with E-state index >= 15 is 4.39 Å². The molecule has 0 spiro atoms. The molecule has 13 heteroatoms. The molecule has 2 aromatic carbocycles. The maximum absolute atomic E-state index is 15.4. The number of carbonyl (C=O) groups is 2. The molecule has 1 unspecified atom stereocenters. The normalized spacial score (nSPS) is 18.8. The van der Waals surface area contributed by atoms with Gasteiger partial charge in [-0.1, -0.05) is 11.6 Å². The van der Waals surface area contributed by atoms with Gasteiger partial charge in [-0.2, -0.15) is 0 Å². The third-order valence-electron chi connectivity index (χ3n) is 9.04. The lowest BCUT2D eigenvalue weighted by Crippen LogP contribution is -2.22. The minimum Gasteiger partial charge on any atom is -0.488 e. The highest BCUT2D eigenvalue weighted by Crippen LogP contribution is 2.50. The summed E-state index contributed by atoms with van der Waals surface area (Å²) in [6.07, 6.45) is 9.15. The predicted molar refractivity (Wildman–Crippen MR) is 182 cm³/mol. The van der Waals surface area contributed by atoms with Gasteiger partial charge < -0.3 is 26.3 Å². The second kappa shape index (κ2) is 14.9. The highest BCUT2D eigenvalue weighted by atomic mass is 35.5. The Kier molecular flexibility index (Phi) is 11.1. The zero-order valence-corrected chi connectivity index (χ0v) is 28.1. The number of nitrogens with two attached hydrogens (primary N) is 2. The third-order valence-corrected chi connectivity index (χ3v) is 9.33. The van der Waals surface area contributed by atoms with Gasteiger partial charge in [-0.15, -0.1) is 0 Å². The van der Waals surface area contributed by atoms with Gasteiger partial charge in [0.1, 0.15) is 35.7 Å². The van der Waals surface area contributed by atoms with Crippen molar-refractivity contribution in [2.75, 3.05) is 26.4 Å². The summed E-state index contributed by atoms with van der Waals surface area (Å²) in [6.45, 7) is 0.642. The molecular formula is C36H40ClF4N5O3. The van der Waals surface area contributed by atoms with Crippen LogP contribution in [-0.4, -0.2) is 56.3 Å². The molecule has 4 fully saturated rings. The molecule has 5 N–H and O–H groups in total. The van der Waals surface area contributed by atoms with E-state index in [1.165, 1.54) is 13.3 Å². The minimum atomic E-state index is -1.43. The lowest BCUT2D eigenvalue weighted by atomic mass is 9.90. The molecule has 1 heterocycles.